The summed E-state index contributed by atoms with van der Waals surface area (Å²) in [5.74, 6) is 1.55. The number of carboxylic acid groups (broad SMARTS) is 1. The van der Waals surface area contributed by atoms with Gasteiger partial charge in [-0.3, -0.25) is 14.6 Å². The van der Waals surface area contributed by atoms with Gasteiger partial charge in [-0.2, -0.15) is 0 Å². The van der Waals surface area contributed by atoms with Crippen molar-refractivity contribution in [1.82, 2.24) is 15.1 Å². The summed E-state index contributed by atoms with van der Waals surface area (Å²) in [7, 11) is 1.44. The number of esters is 1. The Morgan fingerprint density at radius 3 is 1.08 bits per heavy atom. The maximum absolute atomic E-state index is 11.2. The van der Waals surface area contributed by atoms with Gasteiger partial charge in [0.1, 0.15) is 37.1 Å². The second-order valence-corrected chi connectivity index (χ2v) is 17.6. The molecule has 3 saturated heterocycles. The zero-order chi connectivity index (χ0) is 49.3. The molecule has 9 rings (SSSR count). The molecular formula is C58H69LiN6O7. The van der Waals surface area contributed by atoms with Crippen molar-refractivity contribution in [3.05, 3.63) is 180 Å². The quantitative estimate of drug-likeness (QED) is 0.0982. The van der Waals surface area contributed by atoms with Gasteiger partial charge in [-0.15, -0.1) is 0 Å². The van der Waals surface area contributed by atoms with Gasteiger partial charge in [0.05, 0.1) is 13.5 Å². The molecule has 3 aliphatic heterocycles. The summed E-state index contributed by atoms with van der Waals surface area (Å²) in [4.78, 5) is 33.4. The zero-order valence-electron chi connectivity index (χ0n) is 42.1. The molecule has 6 aromatic carbocycles. The van der Waals surface area contributed by atoms with E-state index in [0.29, 0.717) is 32.8 Å². The molecule has 3 heterocycles. The number of aliphatic carboxylic acids is 1. The Balaban J connectivity index is 0.000000177. The van der Waals surface area contributed by atoms with E-state index in [1.54, 1.807) is 0 Å². The average molecular weight is 969 g/mol. The van der Waals surface area contributed by atoms with Crippen molar-refractivity contribution in [1.29, 1.82) is 0 Å². The molecular weight excluding hydrogens is 900 g/mol. The third-order valence-corrected chi connectivity index (χ3v) is 12.7. The van der Waals surface area contributed by atoms with E-state index < -0.39 is 5.97 Å². The molecule has 0 atom stereocenters. The first kappa shape index (κ1) is 54.9. The standard InChI is InChI=1S/C21H26N2O3.C20H24N2O3.C17H20N2O.Li/c1-25-21(24)11-12-22-13-15-23(16-14-22)19-7-9-20(10-8-19)26-17-18-5-3-2-4-6-18;23-20(24)10-11-21-12-14-22(15-13-21)18-6-8-19(9-7-18)25-16-17-4-2-1-3-5-17;1-2-4-15(5-3-1)14-20-17-8-6-16(7-9-17)19-12-10-18-11-13-19;/h2-10H,11-17H2,1H3;1-9H,10-16H2,(H,23,24);1-9,18H,10-14H2;/q;;;+1/p-1. The molecule has 72 heavy (non-hydrogen) atoms. The number of ether oxygens (including phenoxy) is 4. The number of nitrogens with one attached hydrogen (secondary N) is 1. The number of anilines is 3. The van der Waals surface area contributed by atoms with Gasteiger partial charge in [0.25, 0.3) is 0 Å². The maximum Gasteiger partial charge on any atom is 1.00 e. The Morgan fingerprint density at radius 2 is 0.764 bits per heavy atom. The van der Waals surface area contributed by atoms with Crippen molar-refractivity contribution < 1.29 is 52.5 Å². The second-order valence-electron chi connectivity index (χ2n) is 17.6. The Hall–Kier alpha value is -6.46. The number of hydrogen-bond donors (Lipinski definition) is 1. The van der Waals surface area contributed by atoms with Crippen LogP contribution in [-0.4, -0.2) is 120 Å². The van der Waals surface area contributed by atoms with E-state index in [2.05, 4.69) is 103 Å². The number of carbonyl (C=O) groups is 2. The maximum atomic E-state index is 11.2. The molecule has 0 unspecified atom stereocenters. The summed E-state index contributed by atoms with van der Waals surface area (Å²) >= 11 is 0. The number of methoxy groups -OCH3 is 1. The molecule has 14 heteroatoms. The molecule has 0 bridgehead atoms. The molecule has 3 aliphatic rings. The topological polar surface area (TPSA) is 122 Å². The number of carboxylic acids is 1. The number of nitrogens with zero attached hydrogens (tertiary/aromatic N) is 5. The summed E-state index contributed by atoms with van der Waals surface area (Å²) < 4.78 is 22.2. The van der Waals surface area contributed by atoms with Crippen LogP contribution in [0.3, 0.4) is 0 Å². The van der Waals surface area contributed by atoms with Gasteiger partial charge in [0.15, 0.2) is 0 Å². The van der Waals surface area contributed by atoms with Gasteiger partial charge >= 0.3 is 24.8 Å². The van der Waals surface area contributed by atoms with Crippen LogP contribution in [0.1, 0.15) is 29.5 Å². The van der Waals surface area contributed by atoms with Gasteiger partial charge in [-0.05, 0) is 95.9 Å². The molecule has 0 radical (unpaired) electrons. The molecule has 1 N–H and O–H groups in total. The van der Waals surface area contributed by atoms with Crippen LogP contribution in [0.5, 0.6) is 17.2 Å². The van der Waals surface area contributed by atoms with Crippen LogP contribution in [0.2, 0.25) is 0 Å². The van der Waals surface area contributed by atoms with Gasteiger partial charge in [0.2, 0.25) is 0 Å². The summed E-state index contributed by atoms with van der Waals surface area (Å²) in [5, 5.41) is 13.9. The smallest absolute Gasteiger partial charge is 0.550 e. The van der Waals surface area contributed by atoms with E-state index in [0.717, 1.165) is 108 Å². The third kappa shape index (κ3) is 18.9. The Bertz CT molecular complexity index is 2420. The minimum Gasteiger partial charge on any atom is -0.550 e. The van der Waals surface area contributed by atoms with Crippen molar-refractivity contribution in [3.8, 4) is 17.2 Å². The molecule has 0 aromatic heterocycles. The zero-order valence-corrected chi connectivity index (χ0v) is 42.1. The van der Waals surface area contributed by atoms with Crippen LogP contribution in [-0.2, 0) is 34.1 Å². The number of piperazine rings is 3. The van der Waals surface area contributed by atoms with E-state index in [9.17, 15) is 14.7 Å². The Morgan fingerprint density at radius 1 is 0.444 bits per heavy atom. The molecule has 0 spiro atoms. The molecule has 0 saturated carbocycles. The first-order valence-corrected chi connectivity index (χ1v) is 24.8. The molecule has 0 amide bonds. The van der Waals surface area contributed by atoms with E-state index in [-0.39, 0.29) is 31.3 Å². The monoisotopic (exact) mass is 969 g/mol. The first-order valence-electron chi connectivity index (χ1n) is 24.8. The summed E-state index contributed by atoms with van der Waals surface area (Å²) in [6, 6.07) is 55.4. The average Bonchev–Trinajstić information content (AvgIpc) is 3.44. The summed E-state index contributed by atoms with van der Waals surface area (Å²) in [5.41, 5.74) is 7.17. The largest absolute Gasteiger partial charge is 1.00 e. The number of carbonyl (C=O) groups excluding carboxylic acids is 2. The fourth-order valence-electron chi connectivity index (χ4n) is 8.47. The summed E-state index contributed by atoms with van der Waals surface area (Å²) in [6.45, 7) is 14.8. The predicted molar refractivity (Wildman–Crippen MR) is 280 cm³/mol. The van der Waals surface area contributed by atoms with E-state index in [1.165, 1.54) is 35.3 Å². The van der Waals surface area contributed by atoms with Gasteiger partial charge < -0.3 is 48.9 Å². The summed E-state index contributed by atoms with van der Waals surface area (Å²) in [6.07, 6.45) is 0.567. The first-order chi connectivity index (χ1) is 34.9. The normalized spacial score (nSPS) is 14.8. The number of benzene rings is 6. The third-order valence-electron chi connectivity index (χ3n) is 12.7. The molecule has 6 aromatic rings. The molecule has 374 valence electrons. The van der Waals surface area contributed by atoms with Crippen molar-refractivity contribution >= 4 is 29.0 Å². The van der Waals surface area contributed by atoms with E-state index in [1.807, 2.05) is 91.0 Å². The predicted octanol–water partition coefficient (Wildman–Crippen LogP) is 4.16. The minimum absolute atomic E-state index is 0. The molecule has 13 nitrogen and oxygen atoms in total. The van der Waals surface area contributed by atoms with Crippen molar-refractivity contribution in [2.45, 2.75) is 32.7 Å². The number of hydrogen-bond acceptors (Lipinski definition) is 13. The van der Waals surface area contributed by atoms with Gasteiger partial charge in [-0.1, -0.05) is 91.0 Å². The Labute approximate surface area is 438 Å². The van der Waals surface area contributed by atoms with E-state index >= 15 is 0 Å². The molecule has 3 fully saturated rings. The fraction of sp³-hybridized carbons (Fsp3) is 0.345. The number of rotatable bonds is 18. The van der Waals surface area contributed by atoms with Crippen molar-refractivity contribution in [3.63, 3.8) is 0 Å². The fourth-order valence-corrected chi connectivity index (χ4v) is 8.47. The minimum atomic E-state index is -0.978. The second kappa shape index (κ2) is 30.4. The van der Waals surface area contributed by atoms with Crippen LogP contribution in [0.15, 0.2) is 164 Å². The van der Waals surface area contributed by atoms with Crippen LogP contribution in [0, 0.1) is 0 Å². The van der Waals surface area contributed by atoms with Crippen LogP contribution < -0.4 is 58.2 Å². The van der Waals surface area contributed by atoms with E-state index in [4.69, 9.17) is 18.9 Å². The Kier molecular flexibility index (Phi) is 23.2. The van der Waals surface area contributed by atoms with Gasteiger partial charge in [-0.25, -0.2) is 0 Å². The van der Waals surface area contributed by atoms with Crippen molar-refractivity contribution in [2.75, 3.05) is 113 Å². The SMILES string of the molecule is COC(=O)CCN1CCN(c2ccc(OCc3ccccc3)cc2)CC1.O=C([O-])CCN1CCN(c2ccc(OCc3ccccc3)cc2)CC1.[Li+].c1ccc(COc2ccc(N3CCNCC3)cc2)cc1. The molecule has 0 aliphatic carbocycles. The van der Waals surface area contributed by atoms with Crippen LogP contribution in [0.25, 0.3) is 0 Å². The van der Waals surface area contributed by atoms with Crippen molar-refractivity contribution in [2.24, 2.45) is 0 Å². The van der Waals surface area contributed by atoms with Crippen LogP contribution >= 0.6 is 0 Å². The van der Waals surface area contributed by atoms with Crippen LogP contribution in [0.4, 0.5) is 17.1 Å². The van der Waals surface area contributed by atoms with Gasteiger partial charge in [0, 0.05) is 115 Å².